The molecule has 0 unspecified atom stereocenters. The van der Waals surface area contributed by atoms with E-state index in [1.54, 1.807) is 0 Å². The van der Waals surface area contributed by atoms with E-state index < -0.39 is 49.1 Å². The number of carbonyl (C=O) groups is 2. The molecule has 30 heavy (non-hydrogen) atoms. The van der Waals surface area contributed by atoms with Gasteiger partial charge in [0, 0.05) is 23.9 Å². The van der Waals surface area contributed by atoms with E-state index in [9.17, 15) is 35.9 Å². The Balaban J connectivity index is 1.85. The van der Waals surface area contributed by atoms with Crippen LogP contribution in [-0.4, -0.2) is 42.3 Å². The van der Waals surface area contributed by atoms with Crippen LogP contribution in [0.25, 0.3) is 0 Å². The summed E-state index contributed by atoms with van der Waals surface area (Å²) < 4.78 is 79.4. The molecule has 160 valence electrons. The van der Waals surface area contributed by atoms with Crippen molar-refractivity contribution in [3.63, 3.8) is 0 Å². The quantitative estimate of drug-likeness (QED) is 0.732. The number of rotatable bonds is 4. The molecule has 3 rings (SSSR count). The fourth-order valence-electron chi connectivity index (χ4n) is 3.14. The maximum absolute atomic E-state index is 12.8. The Morgan fingerprint density at radius 1 is 1.07 bits per heavy atom. The standard InChI is InChI=1S/C19H14F6N2O3/c20-18(21,22)10-27-9-15(13-6-1-2-7-14(13)17(27)29)16(28)26-11-4-3-5-12(8-11)30-19(23,24)25/h1-8,15H,9-10H2,(H,26,28)/t15-/m0/s1. The number of nitrogens with one attached hydrogen (secondary N) is 1. The van der Waals surface area contributed by atoms with E-state index in [4.69, 9.17) is 0 Å². The number of amides is 2. The molecule has 5 nitrogen and oxygen atoms in total. The second-order valence-corrected chi connectivity index (χ2v) is 6.51. The average Bonchev–Trinajstić information content (AvgIpc) is 2.62. The number of alkyl halides is 6. The molecule has 1 atom stereocenters. The first-order chi connectivity index (χ1) is 13.9. The number of nitrogens with zero attached hydrogens (tertiary/aromatic N) is 1. The van der Waals surface area contributed by atoms with Gasteiger partial charge in [-0.15, -0.1) is 13.2 Å². The van der Waals surface area contributed by atoms with Crippen molar-refractivity contribution in [2.45, 2.75) is 18.5 Å². The predicted molar refractivity (Wildman–Crippen MR) is 92.9 cm³/mol. The Hall–Kier alpha value is -3.24. The van der Waals surface area contributed by atoms with E-state index in [1.807, 2.05) is 0 Å². The Morgan fingerprint density at radius 2 is 1.77 bits per heavy atom. The molecule has 0 bridgehead atoms. The summed E-state index contributed by atoms with van der Waals surface area (Å²) >= 11 is 0. The number of carbonyl (C=O) groups excluding carboxylic acids is 2. The second-order valence-electron chi connectivity index (χ2n) is 6.51. The maximum Gasteiger partial charge on any atom is 0.573 e. The number of anilines is 1. The summed E-state index contributed by atoms with van der Waals surface area (Å²) in [6, 6.07) is 10.2. The Morgan fingerprint density at radius 3 is 2.43 bits per heavy atom. The lowest BCUT2D eigenvalue weighted by Gasteiger charge is -2.34. The van der Waals surface area contributed by atoms with E-state index in [0.29, 0.717) is 4.90 Å². The monoisotopic (exact) mass is 432 g/mol. The van der Waals surface area contributed by atoms with Crippen LogP contribution in [0.4, 0.5) is 32.0 Å². The molecule has 11 heteroatoms. The summed E-state index contributed by atoms with van der Waals surface area (Å²) in [5.74, 6) is -3.34. The van der Waals surface area contributed by atoms with E-state index >= 15 is 0 Å². The number of halogens is 6. The van der Waals surface area contributed by atoms with Gasteiger partial charge in [0.25, 0.3) is 5.91 Å². The summed E-state index contributed by atoms with van der Waals surface area (Å²) in [6.45, 7) is -2.06. The van der Waals surface area contributed by atoms with E-state index in [1.165, 1.54) is 36.4 Å². The van der Waals surface area contributed by atoms with Gasteiger partial charge in [0.05, 0.1) is 5.92 Å². The summed E-state index contributed by atoms with van der Waals surface area (Å²) in [6.07, 6.45) is -9.59. The first kappa shape index (κ1) is 21.5. The minimum absolute atomic E-state index is 0.0395. The fraction of sp³-hybridized carbons (Fsp3) is 0.263. The van der Waals surface area contributed by atoms with Gasteiger partial charge in [-0.05, 0) is 23.8 Å². The van der Waals surface area contributed by atoms with Crippen LogP contribution in [0.3, 0.4) is 0 Å². The van der Waals surface area contributed by atoms with Crippen LogP contribution in [0.2, 0.25) is 0 Å². The molecule has 1 aliphatic rings. The molecule has 0 fully saturated rings. The molecule has 0 radical (unpaired) electrons. The van der Waals surface area contributed by atoms with Gasteiger partial charge < -0.3 is 15.0 Å². The molecular formula is C19H14F6N2O3. The molecule has 0 saturated carbocycles. The lowest BCUT2D eigenvalue weighted by molar-refractivity contribution is -0.274. The smallest absolute Gasteiger partial charge is 0.406 e. The van der Waals surface area contributed by atoms with Crippen molar-refractivity contribution in [1.82, 2.24) is 4.90 Å². The third kappa shape index (κ3) is 5.22. The lowest BCUT2D eigenvalue weighted by atomic mass is 9.88. The minimum Gasteiger partial charge on any atom is -0.406 e. The van der Waals surface area contributed by atoms with Crippen molar-refractivity contribution in [3.8, 4) is 5.75 Å². The molecule has 0 aromatic heterocycles. The Bertz CT molecular complexity index is 958. The van der Waals surface area contributed by atoms with Crippen LogP contribution in [0.15, 0.2) is 48.5 Å². The fourth-order valence-corrected chi connectivity index (χ4v) is 3.14. The highest BCUT2D eigenvalue weighted by atomic mass is 19.4. The zero-order chi connectivity index (χ0) is 22.1. The normalized spacial score (nSPS) is 16.8. The number of ether oxygens (including phenoxy) is 1. The molecular weight excluding hydrogens is 418 g/mol. The highest BCUT2D eigenvalue weighted by Crippen LogP contribution is 2.32. The lowest BCUT2D eigenvalue weighted by Crippen LogP contribution is -2.47. The molecule has 2 amide bonds. The van der Waals surface area contributed by atoms with Gasteiger partial charge in [-0.2, -0.15) is 13.2 Å². The van der Waals surface area contributed by atoms with Crippen LogP contribution in [0, 0.1) is 0 Å². The van der Waals surface area contributed by atoms with Crippen molar-refractivity contribution in [1.29, 1.82) is 0 Å². The van der Waals surface area contributed by atoms with Gasteiger partial charge in [0.1, 0.15) is 12.3 Å². The Labute approximate surface area is 166 Å². The molecule has 1 N–H and O–H groups in total. The Kier molecular flexibility index (Phi) is 5.64. The van der Waals surface area contributed by atoms with Crippen LogP contribution < -0.4 is 10.1 Å². The molecule has 0 aliphatic carbocycles. The van der Waals surface area contributed by atoms with Gasteiger partial charge in [-0.3, -0.25) is 9.59 Å². The third-order valence-corrected chi connectivity index (χ3v) is 4.28. The van der Waals surface area contributed by atoms with Gasteiger partial charge in [0.15, 0.2) is 0 Å². The van der Waals surface area contributed by atoms with Crippen LogP contribution in [-0.2, 0) is 4.79 Å². The first-order valence-corrected chi connectivity index (χ1v) is 8.54. The summed E-state index contributed by atoms with van der Waals surface area (Å²) in [5, 5.41) is 2.37. The van der Waals surface area contributed by atoms with Crippen molar-refractivity contribution in [2.24, 2.45) is 0 Å². The minimum atomic E-state index is -4.93. The summed E-state index contributed by atoms with van der Waals surface area (Å²) in [5.41, 5.74) is 0.155. The highest BCUT2D eigenvalue weighted by Gasteiger charge is 2.40. The molecule has 2 aromatic rings. The number of hydrogen-bond donors (Lipinski definition) is 1. The van der Waals surface area contributed by atoms with Crippen molar-refractivity contribution in [3.05, 3.63) is 59.7 Å². The predicted octanol–water partition coefficient (Wildman–Crippen LogP) is 4.33. The van der Waals surface area contributed by atoms with E-state index in [-0.39, 0.29) is 16.8 Å². The number of fused-ring (bicyclic) bond motifs is 1. The number of hydrogen-bond acceptors (Lipinski definition) is 3. The van der Waals surface area contributed by atoms with Crippen LogP contribution in [0.1, 0.15) is 21.8 Å². The van der Waals surface area contributed by atoms with Crippen molar-refractivity contribution < 1.29 is 40.7 Å². The van der Waals surface area contributed by atoms with E-state index in [2.05, 4.69) is 10.1 Å². The maximum atomic E-state index is 12.8. The zero-order valence-electron chi connectivity index (χ0n) is 15.1. The van der Waals surface area contributed by atoms with Gasteiger partial charge in [0.2, 0.25) is 5.91 Å². The summed E-state index contributed by atoms with van der Waals surface area (Å²) in [4.78, 5) is 25.6. The van der Waals surface area contributed by atoms with Crippen LogP contribution in [0.5, 0.6) is 5.75 Å². The molecule has 2 aromatic carbocycles. The van der Waals surface area contributed by atoms with Gasteiger partial charge >= 0.3 is 12.5 Å². The summed E-state index contributed by atoms with van der Waals surface area (Å²) in [7, 11) is 0. The third-order valence-electron chi connectivity index (χ3n) is 4.28. The van der Waals surface area contributed by atoms with Crippen LogP contribution >= 0.6 is 0 Å². The van der Waals surface area contributed by atoms with Crippen molar-refractivity contribution in [2.75, 3.05) is 18.4 Å². The number of benzene rings is 2. The van der Waals surface area contributed by atoms with Crippen molar-refractivity contribution >= 4 is 17.5 Å². The molecule has 1 heterocycles. The topological polar surface area (TPSA) is 58.6 Å². The highest BCUT2D eigenvalue weighted by molar-refractivity contribution is 6.03. The first-order valence-electron chi connectivity index (χ1n) is 8.54. The average molecular weight is 432 g/mol. The van der Waals surface area contributed by atoms with E-state index in [0.717, 1.165) is 12.1 Å². The zero-order valence-corrected chi connectivity index (χ0v) is 15.1. The van der Waals surface area contributed by atoms with Gasteiger partial charge in [-0.25, -0.2) is 0 Å². The SMILES string of the molecule is O=C(Nc1cccc(OC(F)(F)F)c1)[C@H]1CN(CC(F)(F)F)C(=O)c2ccccc21. The van der Waals surface area contributed by atoms with Gasteiger partial charge in [-0.1, -0.05) is 24.3 Å². The largest absolute Gasteiger partial charge is 0.573 e. The molecule has 1 aliphatic heterocycles. The molecule has 0 spiro atoms. The molecule has 0 saturated heterocycles. The second kappa shape index (κ2) is 7.88.